The first-order valence-electron chi connectivity index (χ1n) is 6.78. The lowest BCUT2D eigenvalue weighted by molar-refractivity contribution is -0.142. The number of unbranched alkanes of at least 4 members (excludes halogenated alkanes) is 1. The van der Waals surface area contributed by atoms with E-state index in [9.17, 15) is 19.2 Å². The normalized spacial score (nSPS) is 12.9. The van der Waals surface area contributed by atoms with Gasteiger partial charge < -0.3 is 21.1 Å². The lowest BCUT2D eigenvalue weighted by Crippen LogP contribution is -2.50. The van der Waals surface area contributed by atoms with E-state index in [-0.39, 0.29) is 18.2 Å². The van der Waals surface area contributed by atoms with Crippen molar-refractivity contribution in [3.05, 3.63) is 0 Å². The lowest BCUT2D eigenvalue weighted by Gasteiger charge is -2.18. The van der Waals surface area contributed by atoms with Gasteiger partial charge >= 0.3 is 5.97 Å². The van der Waals surface area contributed by atoms with Crippen LogP contribution in [0.15, 0.2) is 0 Å². The van der Waals surface area contributed by atoms with Gasteiger partial charge in [0.2, 0.25) is 17.7 Å². The number of nitrogens with one attached hydrogen (secondary N) is 3. The number of aliphatic carboxylic acids is 1. The molecule has 4 N–H and O–H groups in total. The molecule has 0 heterocycles. The summed E-state index contributed by atoms with van der Waals surface area (Å²) in [5.41, 5.74) is 0. The van der Waals surface area contributed by atoms with Crippen LogP contribution in [0, 0.1) is 0 Å². The summed E-state index contributed by atoms with van der Waals surface area (Å²) >= 11 is 0. The Morgan fingerprint density at radius 1 is 1.00 bits per heavy atom. The van der Waals surface area contributed by atoms with Crippen molar-refractivity contribution in [2.24, 2.45) is 0 Å². The van der Waals surface area contributed by atoms with Gasteiger partial charge in [-0.3, -0.25) is 14.4 Å². The highest BCUT2D eigenvalue weighted by Crippen LogP contribution is 2.02. The van der Waals surface area contributed by atoms with E-state index in [4.69, 9.17) is 5.11 Å². The topological polar surface area (TPSA) is 125 Å². The van der Waals surface area contributed by atoms with Gasteiger partial charge in [0, 0.05) is 20.4 Å². The average Bonchev–Trinajstić information content (AvgIpc) is 2.35. The number of rotatable bonds is 9. The molecule has 0 aromatic heterocycles. The van der Waals surface area contributed by atoms with Crippen LogP contribution in [-0.2, 0) is 19.2 Å². The zero-order valence-electron chi connectivity index (χ0n) is 12.6. The van der Waals surface area contributed by atoms with Crippen molar-refractivity contribution in [3.8, 4) is 0 Å². The summed E-state index contributed by atoms with van der Waals surface area (Å²) in [6, 6.07) is -1.80. The fraction of sp³-hybridized carbons (Fsp3) is 0.692. The van der Waals surface area contributed by atoms with E-state index in [0.717, 1.165) is 0 Å². The molecule has 0 aliphatic carbocycles. The molecule has 0 aromatic carbocycles. The van der Waals surface area contributed by atoms with Crippen LogP contribution in [0.4, 0.5) is 0 Å². The van der Waals surface area contributed by atoms with Gasteiger partial charge in [-0.15, -0.1) is 0 Å². The van der Waals surface area contributed by atoms with E-state index in [2.05, 4.69) is 16.0 Å². The van der Waals surface area contributed by atoms with Crippen LogP contribution in [0.3, 0.4) is 0 Å². The third-order valence-electron chi connectivity index (χ3n) is 2.72. The van der Waals surface area contributed by atoms with E-state index in [1.54, 1.807) is 0 Å². The summed E-state index contributed by atoms with van der Waals surface area (Å²) in [5, 5.41) is 16.4. The highest BCUT2D eigenvalue weighted by Gasteiger charge is 2.22. The van der Waals surface area contributed by atoms with Crippen LogP contribution >= 0.6 is 0 Å². The minimum Gasteiger partial charge on any atom is -0.480 e. The molecule has 0 aromatic rings. The number of hydrogen-bond donors (Lipinski definition) is 4. The minimum absolute atomic E-state index is 0.137. The van der Waals surface area contributed by atoms with Gasteiger partial charge in [-0.05, 0) is 26.2 Å². The molecule has 0 rings (SSSR count). The molecule has 120 valence electrons. The monoisotopic (exact) mass is 301 g/mol. The third kappa shape index (κ3) is 9.42. The molecule has 8 heteroatoms. The maximum Gasteiger partial charge on any atom is 0.326 e. The van der Waals surface area contributed by atoms with Gasteiger partial charge in [0.15, 0.2) is 0 Å². The summed E-state index contributed by atoms with van der Waals surface area (Å²) in [7, 11) is 0. The van der Waals surface area contributed by atoms with Crippen molar-refractivity contribution in [1.29, 1.82) is 0 Å². The number of carboxylic acids is 1. The van der Waals surface area contributed by atoms with Crippen molar-refractivity contribution in [2.75, 3.05) is 6.54 Å². The molecule has 0 spiro atoms. The van der Waals surface area contributed by atoms with Crippen LogP contribution in [0.25, 0.3) is 0 Å². The maximum atomic E-state index is 11.7. The second-order valence-electron chi connectivity index (χ2n) is 4.80. The predicted molar refractivity (Wildman–Crippen MR) is 75.4 cm³/mol. The highest BCUT2D eigenvalue weighted by atomic mass is 16.4. The number of carbonyl (C=O) groups is 4. The zero-order chi connectivity index (χ0) is 16.4. The summed E-state index contributed by atoms with van der Waals surface area (Å²) < 4.78 is 0. The Morgan fingerprint density at radius 2 is 1.62 bits per heavy atom. The van der Waals surface area contributed by atoms with Crippen molar-refractivity contribution in [1.82, 2.24) is 16.0 Å². The number of carbonyl (C=O) groups excluding carboxylic acids is 3. The number of amides is 3. The highest BCUT2D eigenvalue weighted by molar-refractivity contribution is 5.89. The number of carboxylic acid groups (broad SMARTS) is 1. The second-order valence-corrected chi connectivity index (χ2v) is 4.80. The first-order valence-corrected chi connectivity index (χ1v) is 6.78. The van der Waals surface area contributed by atoms with Gasteiger partial charge in [-0.25, -0.2) is 4.79 Å². The first kappa shape index (κ1) is 18.9. The molecule has 0 unspecified atom stereocenters. The second kappa shape index (κ2) is 9.73. The van der Waals surface area contributed by atoms with Gasteiger partial charge in [-0.1, -0.05) is 0 Å². The van der Waals surface area contributed by atoms with Crippen LogP contribution < -0.4 is 16.0 Å². The van der Waals surface area contributed by atoms with Gasteiger partial charge in [0.1, 0.15) is 12.1 Å². The lowest BCUT2D eigenvalue weighted by atomic mass is 10.1. The van der Waals surface area contributed by atoms with Crippen molar-refractivity contribution >= 4 is 23.7 Å². The Hall–Kier alpha value is -2.12. The largest absolute Gasteiger partial charge is 0.480 e. The Labute approximate surface area is 123 Å². The molecule has 0 saturated carbocycles. The Bertz CT molecular complexity index is 397. The molecule has 0 bridgehead atoms. The van der Waals surface area contributed by atoms with Gasteiger partial charge in [0.25, 0.3) is 0 Å². The molecule has 0 aliphatic heterocycles. The van der Waals surface area contributed by atoms with Crippen molar-refractivity contribution < 1.29 is 24.3 Å². The standard InChI is InChI=1S/C13H23N3O5/c1-8(15-10(3)18)12(19)16-11(13(20)21)6-4-5-7-14-9(2)17/h8,11H,4-7H2,1-3H3,(H,14,17)(H,15,18)(H,16,19)(H,20,21)/t8-,11-/m0/s1. The first-order chi connectivity index (χ1) is 9.73. The average molecular weight is 301 g/mol. The maximum absolute atomic E-state index is 11.7. The van der Waals surface area contributed by atoms with E-state index in [0.29, 0.717) is 19.4 Å². The quantitative estimate of drug-likeness (QED) is 0.423. The fourth-order valence-corrected chi connectivity index (χ4v) is 1.66. The Kier molecular flexibility index (Phi) is 8.75. The molecule has 8 nitrogen and oxygen atoms in total. The third-order valence-corrected chi connectivity index (χ3v) is 2.72. The van der Waals surface area contributed by atoms with Crippen LogP contribution in [0.5, 0.6) is 0 Å². The molecule has 3 amide bonds. The van der Waals surface area contributed by atoms with Crippen molar-refractivity contribution in [2.45, 2.75) is 52.1 Å². The molecular weight excluding hydrogens is 278 g/mol. The fourth-order valence-electron chi connectivity index (χ4n) is 1.66. The van der Waals surface area contributed by atoms with Crippen LogP contribution in [-0.4, -0.2) is 47.4 Å². The molecule has 0 fully saturated rings. The molecule has 0 radical (unpaired) electrons. The minimum atomic E-state index is -1.13. The van der Waals surface area contributed by atoms with Crippen molar-refractivity contribution in [3.63, 3.8) is 0 Å². The molecule has 21 heavy (non-hydrogen) atoms. The predicted octanol–water partition coefficient (Wildman–Crippen LogP) is -0.613. The summed E-state index contributed by atoms with van der Waals surface area (Å²) in [4.78, 5) is 44.3. The van der Waals surface area contributed by atoms with E-state index in [1.165, 1.54) is 20.8 Å². The van der Waals surface area contributed by atoms with Gasteiger partial charge in [0.05, 0.1) is 0 Å². The van der Waals surface area contributed by atoms with E-state index in [1.807, 2.05) is 0 Å². The SMILES string of the molecule is CC(=O)NCCCC[C@H](NC(=O)[C@H](C)NC(C)=O)C(=O)O. The van der Waals surface area contributed by atoms with Gasteiger partial charge in [-0.2, -0.15) is 0 Å². The van der Waals surface area contributed by atoms with Crippen LogP contribution in [0.1, 0.15) is 40.0 Å². The molecule has 0 saturated heterocycles. The van der Waals surface area contributed by atoms with E-state index >= 15 is 0 Å². The number of hydrogen-bond acceptors (Lipinski definition) is 4. The summed E-state index contributed by atoms with van der Waals surface area (Å²) in [6.45, 7) is 4.63. The summed E-state index contributed by atoms with van der Waals surface area (Å²) in [5.74, 6) is -2.17. The Morgan fingerprint density at radius 3 is 2.10 bits per heavy atom. The molecule has 2 atom stereocenters. The van der Waals surface area contributed by atoms with Crippen LogP contribution in [0.2, 0.25) is 0 Å². The zero-order valence-corrected chi connectivity index (χ0v) is 12.6. The Balaban J connectivity index is 4.18. The molecular formula is C13H23N3O5. The molecule has 0 aliphatic rings. The smallest absolute Gasteiger partial charge is 0.326 e. The summed E-state index contributed by atoms with van der Waals surface area (Å²) in [6.07, 6.45) is 1.43. The van der Waals surface area contributed by atoms with E-state index < -0.39 is 24.0 Å².